The topological polar surface area (TPSA) is 36.3 Å². The lowest BCUT2D eigenvalue weighted by atomic mass is 9.82. The first-order valence-electron chi connectivity index (χ1n) is 7.60. The Hall–Kier alpha value is -1.80. The van der Waals surface area contributed by atoms with Gasteiger partial charge < -0.3 is 9.31 Å². The van der Waals surface area contributed by atoms with E-state index in [1.807, 2.05) is 27.7 Å². The van der Waals surface area contributed by atoms with Crippen molar-refractivity contribution < 1.29 is 22.5 Å². The number of benzene rings is 1. The zero-order valence-corrected chi connectivity index (χ0v) is 13.9. The first kappa shape index (κ1) is 17.0. The number of hydrogen-bond donors (Lipinski definition) is 0. The normalized spacial score (nSPS) is 19.0. The Bertz CT molecular complexity index is 737. The third-order valence-corrected chi connectivity index (χ3v) is 4.57. The summed E-state index contributed by atoms with van der Waals surface area (Å²) in [5.74, 6) is -3.91. The van der Waals surface area contributed by atoms with Crippen molar-refractivity contribution >= 4 is 12.6 Å². The summed E-state index contributed by atoms with van der Waals surface area (Å²) in [4.78, 5) is 0. The van der Waals surface area contributed by atoms with Gasteiger partial charge in [0.05, 0.1) is 17.7 Å². The molecule has 0 radical (unpaired) electrons. The fraction of sp³-hybridized carbons (Fsp3) is 0.438. The van der Waals surface area contributed by atoms with Crippen LogP contribution in [-0.2, 0) is 15.9 Å². The maximum absolute atomic E-state index is 13.3. The molecule has 1 saturated heterocycles. The lowest BCUT2D eigenvalue weighted by Gasteiger charge is -2.32. The van der Waals surface area contributed by atoms with Gasteiger partial charge in [-0.3, -0.25) is 4.68 Å². The van der Waals surface area contributed by atoms with Crippen molar-refractivity contribution in [1.29, 1.82) is 0 Å². The zero-order valence-electron chi connectivity index (χ0n) is 13.9. The minimum Gasteiger partial charge on any atom is -0.399 e. The van der Waals surface area contributed by atoms with Gasteiger partial charge >= 0.3 is 7.12 Å². The van der Waals surface area contributed by atoms with Crippen molar-refractivity contribution in [2.24, 2.45) is 0 Å². The lowest BCUT2D eigenvalue weighted by Crippen LogP contribution is -2.41. The maximum atomic E-state index is 13.3. The molecule has 0 saturated carbocycles. The third kappa shape index (κ3) is 2.96. The van der Waals surface area contributed by atoms with E-state index >= 15 is 0 Å². The number of nitrogens with zero attached hydrogens (tertiary/aromatic N) is 2. The van der Waals surface area contributed by atoms with Crippen LogP contribution in [0.3, 0.4) is 0 Å². The van der Waals surface area contributed by atoms with E-state index in [1.54, 1.807) is 12.4 Å². The molecule has 3 rings (SSSR count). The summed E-state index contributed by atoms with van der Waals surface area (Å²) in [7, 11) is -0.564. The Kier molecular flexibility index (Phi) is 4.00. The average Bonchev–Trinajstić information content (AvgIpc) is 2.99. The van der Waals surface area contributed by atoms with Crippen molar-refractivity contribution in [3.8, 4) is 0 Å². The van der Waals surface area contributed by atoms with Gasteiger partial charge in [0.15, 0.2) is 17.5 Å². The summed E-state index contributed by atoms with van der Waals surface area (Å²) in [5, 5.41) is 4.15. The number of aromatic nitrogens is 2. The summed E-state index contributed by atoms with van der Waals surface area (Å²) in [6.45, 7) is 7.89. The molecule has 2 aromatic rings. The molecule has 24 heavy (non-hydrogen) atoms. The summed E-state index contributed by atoms with van der Waals surface area (Å²) in [5.41, 5.74) is 0.0399. The van der Waals surface area contributed by atoms with Gasteiger partial charge in [-0.2, -0.15) is 5.10 Å². The first-order chi connectivity index (χ1) is 11.1. The summed E-state index contributed by atoms with van der Waals surface area (Å²) < 4.78 is 52.9. The first-order valence-corrected chi connectivity index (χ1v) is 7.60. The van der Waals surface area contributed by atoms with E-state index in [4.69, 9.17) is 9.31 Å². The van der Waals surface area contributed by atoms with Crippen LogP contribution in [-0.4, -0.2) is 28.1 Å². The molecule has 1 aliphatic heterocycles. The molecule has 0 unspecified atom stereocenters. The van der Waals surface area contributed by atoms with Crippen LogP contribution in [0, 0.1) is 17.5 Å². The van der Waals surface area contributed by atoms with Gasteiger partial charge in [-0.05, 0) is 45.4 Å². The molecule has 0 aliphatic carbocycles. The molecular weight excluding hydrogens is 320 g/mol. The van der Waals surface area contributed by atoms with Crippen LogP contribution in [0.1, 0.15) is 33.3 Å². The molecule has 2 heterocycles. The molecular formula is C16H18BF3N2O2. The van der Waals surface area contributed by atoms with Crippen LogP contribution in [0.2, 0.25) is 0 Å². The molecule has 0 N–H and O–H groups in total. The van der Waals surface area contributed by atoms with Gasteiger partial charge in [0.1, 0.15) is 0 Å². The second kappa shape index (κ2) is 5.63. The molecule has 1 aliphatic rings. The second-order valence-corrected chi connectivity index (χ2v) is 6.93. The van der Waals surface area contributed by atoms with Crippen LogP contribution >= 0.6 is 0 Å². The van der Waals surface area contributed by atoms with E-state index < -0.39 is 35.8 Å². The summed E-state index contributed by atoms with van der Waals surface area (Å²) in [6.07, 6.45) is 3.26. The van der Waals surface area contributed by atoms with Crippen LogP contribution in [0.15, 0.2) is 24.5 Å². The molecule has 0 atom stereocenters. The molecule has 8 heteroatoms. The third-order valence-electron chi connectivity index (χ3n) is 4.57. The standard InChI is InChI=1S/C16H18BF3N2O2/c1-15(2)16(3,4)24-17(23-15)11-7-21-22(9-11)8-10-5-12(18)14(20)13(19)6-10/h5-7,9H,8H2,1-4H3. The highest BCUT2D eigenvalue weighted by Crippen LogP contribution is 2.36. The van der Waals surface area contributed by atoms with Gasteiger partial charge in [-0.25, -0.2) is 13.2 Å². The molecule has 1 fully saturated rings. The van der Waals surface area contributed by atoms with Crippen molar-refractivity contribution in [3.05, 3.63) is 47.5 Å². The predicted octanol–water partition coefficient (Wildman–Crippen LogP) is 2.65. The number of rotatable bonds is 3. The van der Waals surface area contributed by atoms with Crippen molar-refractivity contribution in [2.45, 2.75) is 45.4 Å². The summed E-state index contributed by atoms with van der Waals surface area (Å²) in [6, 6.07) is 1.91. The molecule has 128 valence electrons. The highest BCUT2D eigenvalue weighted by atomic mass is 19.2. The second-order valence-electron chi connectivity index (χ2n) is 6.93. The van der Waals surface area contributed by atoms with Gasteiger partial charge in [0, 0.05) is 17.9 Å². The minimum atomic E-state index is -1.47. The van der Waals surface area contributed by atoms with Gasteiger partial charge in [-0.15, -0.1) is 0 Å². The predicted molar refractivity (Wildman–Crippen MR) is 83.4 cm³/mol. The minimum absolute atomic E-state index is 0.105. The van der Waals surface area contributed by atoms with Crippen LogP contribution in [0.25, 0.3) is 0 Å². The Morgan fingerprint density at radius 3 is 2.12 bits per heavy atom. The fourth-order valence-corrected chi connectivity index (χ4v) is 2.45. The molecule has 0 amide bonds. The largest absolute Gasteiger partial charge is 0.498 e. The van der Waals surface area contributed by atoms with Gasteiger partial charge in [0.2, 0.25) is 0 Å². The molecule has 0 spiro atoms. The van der Waals surface area contributed by atoms with Gasteiger partial charge in [0.25, 0.3) is 0 Å². The molecule has 1 aromatic carbocycles. The number of hydrogen-bond acceptors (Lipinski definition) is 3. The highest BCUT2D eigenvalue weighted by Gasteiger charge is 2.52. The Morgan fingerprint density at radius 2 is 1.58 bits per heavy atom. The zero-order chi connectivity index (χ0) is 17.7. The fourth-order valence-electron chi connectivity index (χ4n) is 2.45. The van der Waals surface area contributed by atoms with Crippen LogP contribution < -0.4 is 5.46 Å². The van der Waals surface area contributed by atoms with E-state index in [-0.39, 0.29) is 12.1 Å². The maximum Gasteiger partial charge on any atom is 0.498 e. The Labute approximate surface area is 138 Å². The van der Waals surface area contributed by atoms with Crippen LogP contribution in [0.5, 0.6) is 0 Å². The van der Waals surface area contributed by atoms with Crippen molar-refractivity contribution in [2.75, 3.05) is 0 Å². The highest BCUT2D eigenvalue weighted by molar-refractivity contribution is 6.61. The monoisotopic (exact) mass is 338 g/mol. The van der Waals surface area contributed by atoms with E-state index in [0.29, 0.717) is 5.46 Å². The van der Waals surface area contributed by atoms with Crippen molar-refractivity contribution in [3.63, 3.8) is 0 Å². The molecule has 4 nitrogen and oxygen atoms in total. The molecule has 1 aromatic heterocycles. The van der Waals surface area contributed by atoms with E-state index in [9.17, 15) is 13.2 Å². The van der Waals surface area contributed by atoms with E-state index in [2.05, 4.69) is 5.10 Å². The SMILES string of the molecule is CC1(C)OB(c2cnn(Cc3cc(F)c(F)c(F)c3)c2)OC1(C)C. The Balaban J connectivity index is 1.78. The Morgan fingerprint density at radius 1 is 1.04 bits per heavy atom. The van der Waals surface area contributed by atoms with Crippen LogP contribution in [0.4, 0.5) is 13.2 Å². The van der Waals surface area contributed by atoms with E-state index in [1.165, 1.54) is 4.68 Å². The molecule has 0 bridgehead atoms. The van der Waals surface area contributed by atoms with Gasteiger partial charge in [-0.1, -0.05) is 0 Å². The lowest BCUT2D eigenvalue weighted by molar-refractivity contribution is 0.00578. The smallest absolute Gasteiger partial charge is 0.399 e. The van der Waals surface area contributed by atoms with E-state index in [0.717, 1.165) is 12.1 Å². The van der Waals surface area contributed by atoms with Crippen molar-refractivity contribution in [1.82, 2.24) is 9.78 Å². The number of halogens is 3. The summed E-state index contributed by atoms with van der Waals surface area (Å²) >= 11 is 0. The quantitative estimate of drug-likeness (QED) is 0.638. The average molecular weight is 338 g/mol.